The van der Waals surface area contributed by atoms with Crippen LogP contribution in [0.1, 0.15) is 15.9 Å². The molecule has 0 saturated heterocycles. The molecule has 0 saturated carbocycles. The van der Waals surface area contributed by atoms with E-state index in [1.165, 1.54) is 11.3 Å². The smallest absolute Gasteiger partial charge is 0.256 e. The highest BCUT2D eigenvalue weighted by atomic mass is 35.5. The van der Waals surface area contributed by atoms with Crippen LogP contribution in [0.15, 0.2) is 35.0 Å². The summed E-state index contributed by atoms with van der Waals surface area (Å²) in [4.78, 5) is 12.1. The molecule has 0 aliphatic carbocycles. The maximum absolute atomic E-state index is 11.8. The molecule has 0 spiro atoms. The number of carbonyl (C=O) groups is 1. The molecule has 3 nitrogen and oxygen atoms in total. The lowest BCUT2D eigenvalue weighted by atomic mass is 10.2. The van der Waals surface area contributed by atoms with Crippen molar-refractivity contribution in [3.05, 3.63) is 51.2 Å². The van der Waals surface area contributed by atoms with Crippen LogP contribution in [0.3, 0.4) is 0 Å². The van der Waals surface area contributed by atoms with E-state index in [4.69, 9.17) is 29.6 Å². The Hall–Kier alpha value is -1.43. The van der Waals surface area contributed by atoms with Crippen molar-refractivity contribution in [3.63, 3.8) is 0 Å². The minimum absolute atomic E-state index is 0.193. The number of halogens is 1. The van der Waals surface area contributed by atoms with E-state index >= 15 is 0 Å². The van der Waals surface area contributed by atoms with Gasteiger partial charge in [-0.25, -0.2) is 0 Å². The summed E-state index contributed by atoms with van der Waals surface area (Å²) in [5, 5.41) is 6.75. The number of rotatable bonds is 3. The molecule has 1 heterocycles. The van der Waals surface area contributed by atoms with Gasteiger partial charge in [-0.15, -0.1) is 0 Å². The molecule has 92 valence electrons. The summed E-state index contributed by atoms with van der Waals surface area (Å²) >= 11 is 12.4. The molecule has 0 aliphatic heterocycles. The van der Waals surface area contributed by atoms with E-state index in [1.54, 1.807) is 29.6 Å². The third-order valence-corrected chi connectivity index (χ3v) is 3.52. The number of hydrogen-bond acceptors (Lipinski definition) is 3. The molecular weight excluding hydrogens is 288 g/mol. The Kier molecular flexibility index (Phi) is 3.96. The van der Waals surface area contributed by atoms with Crippen LogP contribution in [0.25, 0.3) is 0 Å². The SMILES string of the molecule is NC(=S)c1ccc(NC(=O)c2ccsc2)c(Cl)c1. The molecule has 6 heteroatoms. The van der Waals surface area contributed by atoms with Crippen molar-refractivity contribution in [1.29, 1.82) is 0 Å². The molecule has 2 aromatic rings. The van der Waals surface area contributed by atoms with Crippen molar-refractivity contribution in [3.8, 4) is 0 Å². The second-order valence-corrected chi connectivity index (χ2v) is 5.15. The lowest BCUT2D eigenvalue weighted by molar-refractivity contribution is 0.102. The van der Waals surface area contributed by atoms with Crippen LogP contribution in [-0.4, -0.2) is 10.9 Å². The van der Waals surface area contributed by atoms with Gasteiger partial charge in [0.1, 0.15) is 4.99 Å². The molecule has 1 aromatic carbocycles. The number of thiocarbonyl (C=S) groups is 1. The minimum atomic E-state index is -0.193. The Morgan fingerprint density at radius 1 is 1.33 bits per heavy atom. The highest BCUT2D eigenvalue weighted by Gasteiger charge is 2.09. The standard InChI is InChI=1S/C12H9ClN2OS2/c13-9-5-7(11(14)17)1-2-10(9)15-12(16)8-3-4-18-6-8/h1-6H,(H2,14,17)(H,15,16). The van der Waals surface area contributed by atoms with Gasteiger partial charge in [0.25, 0.3) is 5.91 Å². The third kappa shape index (κ3) is 2.87. The molecule has 0 atom stereocenters. The topological polar surface area (TPSA) is 55.1 Å². The number of benzene rings is 1. The molecule has 3 N–H and O–H groups in total. The summed E-state index contributed by atoms with van der Waals surface area (Å²) in [6.45, 7) is 0. The third-order valence-electron chi connectivity index (χ3n) is 2.29. The van der Waals surface area contributed by atoms with Crippen LogP contribution >= 0.6 is 35.2 Å². The first-order valence-electron chi connectivity index (χ1n) is 5.01. The summed E-state index contributed by atoms with van der Waals surface area (Å²) in [5.74, 6) is -0.193. The normalized spacial score (nSPS) is 10.1. The van der Waals surface area contributed by atoms with Gasteiger partial charge in [-0.2, -0.15) is 11.3 Å². The van der Waals surface area contributed by atoms with E-state index in [0.717, 1.165) is 0 Å². The number of amides is 1. The Morgan fingerprint density at radius 2 is 2.11 bits per heavy atom. The molecule has 18 heavy (non-hydrogen) atoms. The summed E-state index contributed by atoms with van der Waals surface area (Å²) in [6.07, 6.45) is 0. The molecule has 1 amide bonds. The maximum atomic E-state index is 11.8. The van der Waals surface area contributed by atoms with Gasteiger partial charge in [0.05, 0.1) is 16.3 Å². The van der Waals surface area contributed by atoms with Crippen LogP contribution in [-0.2, 0) is 0 Å². The molecule has 0 bridgehead atoms. The van der Waals surface area contributed by atoms with Crippen LogP contribution in [0.4, 0.5) is 5.69 Å². The van der Waals surface area contributed by atoms with Crippen LogP contribution < -0.4 is 11.1 Å². The predicted octanol–water partition coefficient (Wildman–Crippen LogP) is 3.29. The number of nitrogens with one attached hydrogen (secondary N) is 1. The van der Waals surface area contributed by atoms with Crippen molar-refractivity contribution >= 4 is 51.7 Å². The summed E-state index contributed by atoms with van der Waals surface area (Å²) in [6, 6.07) is 6.78. The lowest BCUT2D eigenvalue weighted by Crippen LogP contribution is -2.12. The fourth-order valence-electron chi connectivity index (χ4n) is 1.36. The van der Waals surface area contributed by atoms with Gasteiger partial charge >= 0.3 is 0 Å². The number of carbonyl (C=O) groups excluding carboxylic acids is 1. The highest BCUT2D eigenvalue weighted by molar-refractivity contribution is 7.80. The van der Waals surface area contributed by atoms with E-state index in [1.807, 2.05) is 5.38 Å². The Bertz CT molecular complexity index is 596. The maximum Gasteiger partial charge on any atom is 0.256 e. The first-order valence-corrected chi connectivity index (χ1v) is 6.74. The van der Waals surface area contributed by atoms with E-state index in [-0.39, 0.29) is 10.9 Å². The van der Waals surface area contributed by atoms with E-state index in [9.17, 15) is 4.79 Å². The van der Waals surface area contributed by atoms with Crippen molar-refractivity contribution in [2.24, 2.45) is 5.73 Å². The number of anilines is 1. The van der Waals surface area contributed by atoms with Gasteiger partial charge in [0.15, 0.2) is 0 Å². The van der Waals surface area contributed by atoms with E-state index < -0.39 is 0 Å². The molecule has 0 fully saturated rings. The number of hydrogen-bond donors (Lipinski definition) is 2. The molecule has 1 aromatic heterocycles. The monoisotopic (exact) mass is 296 g/mol. The van der Waals surface area contributed by atoms with Crippen LogP contribution in [0.5, 0.6) is 0 Å². The van der Waals surface area contributed by atoms with Crippen LogP contribution in [0.2, 0.25) is 5.02 Å². The van der Waals surface area contributed by atoms with Gasteiger partial charge in [-0.05, 0) is 29.6 Å². The molecule has 0 radical (unpaired) electrons. The Morgan fingerprint density at radius 3 is 2.67 bits per heavy atom. The van der Waals surface area contributed by atoms with Gasteiger partial charge in [0, 0.05) is 10.9 Å². The number of nitrogens with two attached hydrogens (primary N) is 1. The average Bonchev–Trinajstić information content (AvgIpc) is 2.85. The largest absolute Gasteiger partial charge is 0.389 e. The van der Waals surface area contributed by atoms with Crippen molar-refractivity contribution in [2.45, 2.75) is 0 Å². The van der Waals surface area contributed by atoms with E-state index in [2.05, 4.69) is 5.32 Å². The Balaban J connectivity index is 2.20. The zero-order valence-electron chi connectivity index (χ0n) is 9.14. The summed E-state index contributed by atoms with van der Waals surface area (Å²) in [7, 11) is 0. The molecule has 2 rings (SSSR count). The first kappa shape index (κ1) is 13.0. The first-order chi connectivity index (χ1) is 8.58. The average molecular weight is 297 g/mol. The fraction of sp³-hybridized carbons (Fsp3) is 0. The number of thiophene rings is 1. The van der Waals surface area contributed by atoms with Gasteiger partial charge in [-0.3, -0.25) is 4.79 Å². The predicted molar refractivity (Wildman–Crippen MR) is 79.6 cm³/mol. The highest BCUT2D eigenvalue weighted by Crippen LogP contribution is 2.24. The lowest BCUT2D eigenvalue weighted by Gasteiger charge is -2.07. The quantitative estimate of drug-likeness (QED) is 0.855. The Labute approximate surface area is 119 Å². The van der Waals surface area contributed by atoms with Crippen LogP contribution in [0, 0.1) is 0 Å². The molecule has 0 unspecified atom stereocenters. The molecule has 0 aliphatic rings. The van der Waals surface area contributed by atoms with Gasteiger partial charge in [0.2, 0.25) is 0 Å². The second-order valence-electron chi connectivity index (χ2n) is 3.53. The summed E-state index contributed by atoms with van der Waals surface area (Å²) < 4.78 is 0. The second kappa shape index (κ2) is 5.48. The minimum Gasteiger partial charge on any atom is -0.389 e. The fourth-order valence-corrected chi connectivity index (χ4v) is 2.35. The molecular formula is C12H9ClN2OS2. The van der Waals surface area contributed by atoms with Crippen molar-refractivity contribution in [2.75, 3.05) is 5.32 Å². The van der Waals surface area contributed by atoms with Crippen molar-refractivity contribution in [1.82, 2.24) is 0 Å². The van der Waals surface area contributed by atoms with E-state index in [0.29, 0.717) is 21.8 Å². The summed E-state index contributed by atoms with van der Waals surface area (Å²) in [5.41, 5.74) is 7.31. The van der Waals surface area contributed by atoms with Crippen molar-refractivity contribution < 1.29 is 4.79 Å². The zero-order chi connectivity index (χ0) is 13.1. The zero-order valence-corrected chi connectivity index (χ0v) is 11.5. The van der Waals surface area contributed by atoms with Gasteiger partial charge in [-0.1, -0.05) is 23.8 Å². The van der Waals surface area contributed by atoms with Gasteiger partial charge < -0.3 is 11.1 Å².